The van der Waals surface area contributed by atoms with Crippen molar-refractivity contribution in [3.8, 4) is 5.75 Å². The molecule has 1 saturated heterocycles. The van der Waals surface area contributed by atoms with Gasteiger partial charge in [0.2, 0.25) is 11.8 Å². The maximum Gasteiger partial charge on any atom is 0.238 e. The standard InChI is InChI=1S/C26H24IN3O3S/c1-33-22-13-7-18(8-14-22)15-16-30-24(31)17-23(25(32)28-21-11-9-19(27)10-12-21)34-26(30)29-20-5-3-2-4-6-20/h2-14,23H,15-17H2,1H3,(H,28,32). The SMILES string of the molecule is COc1ccc(CCN2C(=O)CC(C(=O)Nc3ccc(I)cc3)SC2=Nc2ccccc2)cc1. The lowest BCUT2D eigenvalue weighted by atomic mass is 10.1. The van der Waals surface area contributed by atoms with Gasteiger partial charge in [0.25, 0.3) is 0 Å². The number of thioether (sulfide) groups is 1. The third-order valence-corrected chi connectivity index (χ3v) is 7.21. The second-order valence-electron chi connectivity index (χ2n) is 7.68. The zero-order valence-electron chi connectivity index (χ0n) is 18.6. The van der Waals surface area contributed by atoms with E-state index in [1.807, 2.05) is 78.9 Å². The van der Waals surface area contributed by atoms with Crippen LogP contribution in [0.5, 0.6) is 5.75 Å². The fourth-order valence-electron chi connectivity index (χ4n) is 3.46. The summed E-state index contributed by atoms with van der Waals surface area (Å²) in [7, 11) is 1.63. The minimum Gasteiger partial charge on any atom is -0.497 e. The maximum atomic E-state index is 13.2. The Morgan fingerprint density at radius 2 is 1.79 bits per heavy atom. The normalized spacial score (nSPS) is 17.0. The Morgan fingerprint density at radius 3 is 2.47 bits per heavy atom. The Balaban J connectivity index is 1.51. The molecule has 0 spiro atoms. The van der Waals surface area contributed by atoms with E-state index in [1.54, 1.807) is 12.0 Å². The van der Waals surface area contributed by atoms with Crippen molar-refractivity contribution >= 4 is 62.7 Å². The van der Waals surface area contributed by atoms with E-state index in [2.05, 4.69) is 27.9 Å². The number of para-hydroxylation sites is 1. The molecule has 2 amide bonds. The number of hydrogen-bond donors (Lipinski definition) is 1. The van der Waals surface area contributed by atoms with Crippen LogP contribution in [0, 0.1) is 3.57 Å². The van der Waals surface area contributed by atoms with Crippen LogP contribution in [-0.4, -0.2) is 40.8 Å². The zero-order chi connectivity index (χ0) is 23.9. The van der Waals surface area contributed by atoms with Gasteiger partial charge in [0.1, 0.15) is 11.0 Å². The van der Waals surface area contributed by atoms with Crippen molar-refractivity contribution in [1.29, 1.82) is 0 Å². The average Bonchev–Trinajstić information content (AvgIpc) is 2.85. The van der Waals surface area contributed by atoms with E-state index in [1.165, 1.54) is 11.8 Å². The molecular formula is C26H24IN3O3S. The van der Waals surface area contributed by atoms with E-state index in [4.69, 9.17) is 9.73 Å². The van der Waals surface area contributed by atoms with Gasteiger partial charge in [0, 0.05) is 22.2 Å². The van der Waals surface area contributed by atoms with Crippen LogP contribution in [0.15, 0.2) is 83.9 Å². The van der Waals surface area contributed by atoms with Crippen LogP contribution in [0.25, 0.3) is 0 Å². The lowest BCUT2D eigenvalue weighted by Crippen LogP contribution is -2.46. The molecule has 0 aromatic heterocycles. The molecular weight excluding hydrogens is 561 g/mol. The van der Waals surface area contributed by atoms with Crippen LogP contribution in [0.2, 0.25) is 0 Å². The zero-order valence-corrected chi connectivity index (χ0v) is 21.6. The van der Waals surface area contributed by atoms with E-state index in [-0.39, 0.29) is 18.2 Å². The van der Waals surface area contributed by atoms with Gasteiger partial charge in [-0.1, -0.05) is 42.1 Å². The highest BCUT2D eigenvalue weighted by Crippen LogP contribution is 2.30. The monoisotopic (exact) mass is 585 g/mol. The van der Waals surface area contributed by atoms with E-state index >= 15 is 0 Å². The van der Waals surface area contributed by atoms with E-state index in [0.717, 1.165) is 20.6 Å². The summed E-state index contributed by atoms with van der Waals surface area (Å²) in [4.78, 5) is 32.5. The molecule has 3 aromatic carbocycles. The number of amidine groups is 1. The minimum atomic E-state index is -0.550. The van der Waals surface area contributed by atoms with Crippen LogP contribution in [-0.2, 0) is 16.0 Å². The highest BCUT2D eigenvalue weighted by atomic mass is 127. The van der Waals surface area contributed by atoms with E-state index < -0.39 is 5.25 Å². The first-order chi connectivity index (χ1) is 16.5. The van der Waals surface area contributed by atoms with Crippen molar-refractivity contribution in [2.75, 3.05) is 19.0 Å². The number of halogens is 1. The lowest BCUT2D eigenvalue weighted by Gasteiger charge is -2.32. The Labute approximate surface area is 216 Å². The topological polar surface area (TPSA) is 71.0 Å². The molecule has 0 radical (unpaired) electrons. The first kappa shape index (κ1) is 24.3. The summed E-state index contributed by atoms with van der Waals surface area (Å²) in [5, 5.41) is 2.92. The van der Waals surface area contributed by atoms with Crippen LogP contribution in [0.1, 0.15) is 12.0 Å². The largest absolute Gasteiger partial charge is 0.497 e. The van der Waals surface area contributed by atoms with Gasteiger partial charge in [0.15, 0.2) is 5.17 Å². The Morgan fingerprint density at radius 1 is 1.09 bits per heavy atom. The highest BCUT2D eigenvalue weighted by Gasteiger charge is 2.35. The molecule has 1 fully saturated rings. The summed E-state index contributed by atoms with van der Waals surface area (Å²) < 4.78 is 6.31. The van der Waals surface area contributed by atoms with Crippen molar-refractivity contribution in [3.63, 3.8) is 0 Å². The number of methoxy groups -OCH3 is 1. The summed E-state index contributed by atoms with van der Waals surface area (Å²) in [6.45, 7) is 0.481. The smallest absolute Gasteiger partial charge is 0.238 e. The summed E-state index contributed by atoms with van der Waals surface area (Å²) in [5.74, 6) is 0.487. The van der Waals surface area contributed by atoms with Gasteiger partial charge < -0.3 is 10.1 Å². The number of benzene rings is 3. The van der Waals surface area contributed by atoms with Gasteiger partial charge >= 0.3 is 0 Å². The number of carbonyl (C=O) groups excluding carboxylic acids is 2. The Hall–Kier alpha value is -2.85. The number of anilines is 1. The van der Waals surface area contributed by atoms with Crippen LogP contribution in [0.3, 0.4) is 0 Å². The van der Waals surface area contributed by atoms with Crippen molar-refractivity contribution < 1.29 is 14.3 Å². The van der Waals surface area contributed by atoms with Crippen molar-refractivity contribution in [1.82, 2.24) is 4.90 Å². The maximum absolute atomic E-state index is 13.2. The second-order valence-corrected chi connectivity index (χ2v) is 10.1. The number of amides is 2. The Bertz CT molecular complexity index is 1170. The second kappa shape index (κ2) is 11.5. The molecule has 1 atom stereocenters. The van der Waals surface area contributed by atoms with E-state index in [9.17, 15) is 9.59 Å². The number of nitrogens with one attached hydrogen (secondary N) is 1. The summed E-state index contributed by atoms with van der Waals surface area (Å²) in [5.41, 5.74) is 2.55. The molecule has 0 aliphatic carbocycles. The number of rotatable bonds is 7. The van der Waals surface area contributed by atoms with E-state index in [0.29, 0.717) is 23.8 Å². The fraction of sp³-hybridized carbons (Fsp3) is 0.192. The predicted octanol–water partition coefficient (Wildman–Crippen LogP) is 5.50. The van der Waals surface area contributed by atoms with Crippen molar-refractivity contribution in [2.45, 2.75) is 18.1 Å². The van der Waals surface area contributed by atoms with Gasteiger partial charge in [-0.2, -0.15) is 0 Å². The molecule has 3 aromatic rings. The average molecular weight is 585 g/mol. The van der Waals surface area contributed by atoms with Crippen molar-refractivity contribution in [3.05, 3.63) is 88.0 Å². The predicted molar refractivity (Wildman–Crippen MR) is 146 cm³/mol. The molecule has 1 heterocycles. The molecule has 174 valence electrons. The third kappa shape index (κ3) is 6.38. The first-order valence-electron chi connectivity index (χ1n) is 10.8. The molecule has 0 saturated carbocycles. The molecule has 1 N–H and O–H groups in total. The van der Waals surface area contributed by atoms with Crippen LogP contribution in [0.4, 0.5) is 11.4 Å². The minimum absolute atomic E-state index is 0.107. The van der Waals surface area contributed by atoms with Gasteiger partial charge in [0.05, 0.1) is 12.8 Å². The lowest BCUT2D eigenvalue weighted by molar-refractivity contribution is -0.129. The van der Waals surface area contributed by atoms with Crippen LogP contribution < -0.4 is 10.1 Å². The van der Waals surface area contributed by atoms with Gasteiger partial charge in [-0.05, 0) is 83.1 Å². The third-order valence-electron chi connectivity index (χ3n) is 5.31. The van der Waals surface area contributed by atoms with Crippen molar-refractivity contribution in [2.24, 2.45) is 4.99 Å². The number of aliphatic imine (C=N–C) groups is 1. The molecule has 1 unspecified atom stereocenters. The molecule has 34 heavy (non-hydrogen) atoms. The molecule has 0 bridgehead atoms. The first-order valence-corrected chi connectivity index (χ1v) is 12.8. The molecule has 1 aliphatic rings. The Kier molecular flexibility index (Phi) is 8.23. The van der Waals surface area contributed by atoms with Gasteiger partial charge in [-0.3, -0.25) is 14.5 Å². The fourth-order valence-corrected chi connectivity index (χ4v) is 4.95. The molecule has 1 aliphatic heterocycles. The molecule has 4 rings (SSSR count). The molecule has 6 nitrogen and oxygen atoms in total. The number of ether oxygens (including phenoxy) is 1. The summed E-state index contributed by atoms with van der Waals surface area (Å²) in [6, 6.07) is 24.9. The van der Waals surface area contributed by atoms with Gasteiger partial charge in [-0.15, -0.1) is 0 Å². The highest BCUT2D eigenvalue weighted by molar-refractivity contribution is 14.1. The molecule has 8 heteroatoms. The number of carbonyl (C=O) groups is 2. The summed E-state index contributed by atoms with van der Waals surface area (Å²) >= 11 is 3.55. The number of hydrogen-bond acceptors (Lipinski definition) is 5. The quantitative estimate of drug-likeness (QED) is 0.372. The van der Waals surface area contributed by atoms with Crippen LogP contribution >= 0.6 is 34.4 Å². The number of nitrogens with zero attached hydrogens (tertiary/aromatic N) is 2. The summed E-state index contributed by atoms with van der Waals surface area (Å²) in [6.07, 6.45) is 0.793. The van der Waals surface area contributed by atoms with Gasteiger partial charge in [-0.25, -0.2) is 4.99 Å².